The van der Waals surface area contributed by atoms with Crippen molar-refractivity contribution in [2.45, 2.75) is 13.8 Å². The van der Waals surface area contributed by atoms with E-state index in [1.165, 1.54) is 12.1 Å². The lowest BCUT2D eigenvalue weighted by Gasteiger charge is -2.13. The SMILES string of the molecule is Cc1c(Nc2nc(-c3ccc(F)cc3)nc3c(C)nn(C)c23)cccc1C(N)=O. The van der Waals surface area contributed by atoms with Crippen molar-refractivity contribution in [1.82, 2.24) is 19.7 Å². The third kappa shape index (κ3) is 3.29. The number of nitrogens with two attached hydrogens (primary N) is 1. The molecule has 0 atom stereocenters. The van der Waals surface area contributed by atoms with E-state index < -0.39 is 5.91 Å². The summed E-state index contributed by atoms with van der Waals surface area (Å²) in [6.45, 7) is 3.68. The molecule has 4 rings (SSSR count). The van der Waals surface area contributed by atoms with Gasteiger partial charge in [0.05, 0.1) is 5.69 Å². The number of fused-ring (bicyclic) bond motifs is 1. The van der Waals surface area contributed by atoms with Gasteiger partial charge in [-0.2, -0.15) is 5.10 Å². The quantitative estimate of drug-likeness (QED) is 0.554. The Hall–Kier alpha value is -3.81. The van der Waals surface area contributed by atoms with Gasteiger partial charge < -0.3 is 11.1 Å². The Morgan fingerprint density at radius 1 is 1.10 bits per heavy atom. The summed E-state index contributed by atoms with van der Waals surface area (Å²) in [4.78, 5) is 21.0. The van der Waals surface area contributed by atoms with Crippen LogP contribution in [0.4, 0.5) is 15.9 Å². The molecule has 4 aromatic rings. The number of rotatable bonds is 4. The first-order valence-electron chi connectivity index (χ1n) is 8.99. The van der Waals surface area contributed by atoms with Crippen molar-refractivity contribution in [1.29, 1.82) is 0 Å². The van der Waals surface area contributed by atoms with E-state index >= 15 is 0 Å². The Labute approximate surface area is 166 Å². The van der Waals surface area contributed by atoms with E-state index in [2.05, 4.69) is 20.4 Å². The summed E-state index contributed by atoms with van der Waals surface area (Å²) < 4.78 is 15.0. The molecule has 146 valence electrons. The van der Waals surface area contributed by atoms with Crippen molar-refractivity contribution in [3.8, 4) is 11.4 Å². The summed E-state index contributed by atoms with van der Waals surface area (Å²) in [6, 6.07) is 11.3. The molecule has 0 saturated heterocycles. The number of nitrogens with one attached hydrogen (secondary N) is 1. The molecular formula is C21H19FN6O. The van der Waals surface area contributed by atoms with Crippen LogP contribution >= 0.6 is 0 Å². The van der Waals surface area contributed by atoms with Crippen LogP contribution in [0.15, 0.2) is 42.5 Å². The summed E-state index contributed by atoms with van der Waals surface area (Å²) in [6.07, 6.45) is 0. The maximum absolute atomic E-state index is 13.3. The Morgan fingerprint density at radius 2 is 1.83 bits per heavy atom. The van der Waals surface area contributed by atoms with E-state index in [0.717, 1.165) is 11.2 Å². The second kappa shape index (κ2) is 6.97. The van der Waals surface area contributed by atoms with E-state index in [1.54, 1.807) is 28.9 Å². The van der Waals surface area contributed by atoms with Crippen molar-refractivity contribution < 1.29 is 9.18 Å². The normalized spacial score (nSPS) is 11.0. The van der Waals surface area contributed by atoms with Crippen LogP contribution in [0.25, 0.3) is 22.4 Å². The summed E-state index contributed by atoms with van der Waals surface area (Å²) in [7, 11) is 1.81. The monoisotopic (exact) mass is 390 g/mol. The van der Waals surface area contributed by atoms with Crippen molar-refractivity contribution in [3.05, 3.63) is 65.1 Å². The Bertz CT molecular complexity index is 1250. The second-order valence-electron chi connectivity index (χ2n) is 6.78. The molecule has 8 heteroatoms. The van der Waals surface area contributed by atoms with Gasteiger partial charge in [-0.3, -0.25) is 9.48 Å². The molecule has 0 spiro atoms. The van der Waals surface area contributed by atoms with Gasteiger partial charge in [0.2, 0.25) is 5.91 Å². The highest BCUT2D eigenvalue weighted by Gasteiger charge is 2.18. The molecule has 7 nitrogen and oxygen atoms in total. The predicted molar refractivity (Wildman–Crippen MR) is 109 cm³/mol. The molecule has 29 heavy (non-hydrogen) atoms. The van der Waals surface area contributed by atoms with E-state index in [-0.39, 0.29) is 5.82 Å². The number of aromatic nitrogens is 4. The molecule has 0 aliphatic rings. The molecule has 2 aromatic heterocycles. The van der Waals surface area contributed by atoms with E-state index in [1.807, 2.05) is 27.0 Å². The van der Waals surface area contributed by atoms with Gasteiger partial charge in [0.25, 0.3) is 0 Å². The molecule has 0 radical (unpaired) electrons. The lowest BCUT2D eigenvalue weighted by molar-refractivity contribution is 0.0999. The van der Waals surface area contributed by atoms with Crippen molar-refractivity contribution in [2.75, 3.05) is 5.32 Å². The highest BCUT2D eigenvalue weighted by Crippen LogP contribution is 2.30. The number of nitrogens with zero attached hydrogens (tertiary/aromatic N) is 4. The molecule has 0 unspecified atom stereocenters. The minimum atomic E-state index is -0.498. The fourth-order valence-electron chi connectivity index (χ4n) is 3.32. The number of aryl methyl sites for hydroxylation is 2. The zero-order valence-electron chi connectivity index (χ0n) is 16.2. The van der Waals surface area contributed by atoms with Crippen LogP contribution in [-0.4, -0.2) is 25.7 Å². The number of hydrogen-bond acceptors (Lipinski definition) is 5. The predicted octanol–water partition coefficient (Wildman–Crippen LogP) is 3.63. The third-order valence-electron chi connectivity index (χ3n) is 4.81. The lowest BCUT2D eigenvalue weighted by atomic mass is 10.1. The Kier molecular flexibility index (Phi) is 4.46. The lowest BCUT2D eigenvalue weighted by Crippen LogP contribution is -2.13. The van der Waals surface area contributed by atoms with Crippen LogP contribution in [0.1, 0.15) is 21.6 Å². The minimum absolute atomic E-state index is 0.329. The first-order chi connectivity index (χ1) is 13.8. The van der Waals surface area contributed by atoms with Gasteiger partial charge in [-0.05, 0) is 55.8 Å². The molecule has 2 aromatic carbocycles. The van der Waals surface area contributed by atoms with Crippen LogP contribution in [0.3, 0.4) is 0 Å². The average Bonchev–Trinajstić information content (AvgIpc) is 2.97. The van der Waals surface area contributed by atoms with Crippen LogP contribution in [0, 0.1) is 19.7 Å². The molecule has 0 fully saturated rings. The van der Waals surface area contributed by atoms with Gasteiger partial charge in [0.15, 0.2) is 11.6 Å². The van der Waals surface area contributed by atoms with E-state index in [0.29, 0.717) is 39.5 Å². The van der Waals surface area contributed by atoms with Gasteiger partial charge in [0.1, 0.15) is 16.9 Å². The number of benzene rings is 2. The maximum Gasteiger partial charge on any atom is 0.249 e. The van der Waals surface area contributed by atoms with E-state index in [9.17, 15) is 9.18 Å². The van der Waals surface area contributed by atoms with Gasteiger partial charge in [-0.15, -0.1) is 0 Å². The molecule has 0 saturated carbocycles. The molecule has 0 aliphatic carbocycles. The molecular weight excluding hydrogens is 371 g/mol. The number of hydrogen-bond donors (Lipinski definition) is 2. The Balaban J connectivity index is 1.90. The molecule has 2 heterocycles. The van der Waals surface area contributed by atoms with Crippen molar-refractivity contribution in [3.63, 3.8) is 0 Å². The molecule has 0 bridgehead atoms. The fourth-order valence-corrected chi connectivity index (χ4v) is 3.32. The highest BCUT2D eigenvalue weighted by molar-refractivity contribution is 5.97. The second-order valence-corrected chi connectivity index (χ2v) is 6.78. The number of halogens is 1. The largest absolute Gasteiger partial charge is 0.366 e. The summed E-state index contributed by atoms with van der Waals surface area (Å²) in [5.41, 5.74) is 10.2. The van der Waals surface area contributed by atoms with Gasteiger partial charge in [-0.1, -0.05) is 6.07 Å². The van der Waals surface area contributed by atoms with Crippen LogP contribution in [-0.2, 0) is 7.05 Å². The maximum atomic E-state index is 13.3. The summed E-state index contributed by atoms with van der Waals surface area (Å²) >= 11 is 0. The molecule has 1 amide bonds. The zero-order chi connectivity index (χ0) is 20.7. The number of anilines is 2. The number of primary amides is 1. The highest BCUT2D eigenvalue weighted by atomic mass is 19.1. The third-order valence-corrected chi connectivity index (χ3v) is 4.81. The van der Waals surface area contributed by atoms with Crippen LogP contribution in [0.2, 0.25) is 0 Å². The minimum Gasteiger partial charge on any atom is -0.366 e. The van der Waals surface area contributed by atoms with E-state index in [4.69, 9.17) is 5.73 Å². The number of amides is 1. The van der Waals surface area contributed by atoms with Crippen molar-refractivity contribution in [2.24, 2.45) is 12.8 Å². The standard InChI is InChI=1S/C21H19FN6O/c1-11-15(19(23)29)5-4-6-16(11)24-21-18-17(12(2)27-28(18)3)25-20(26-21)13-7-9-14(22)10-8-13/h4-10H,1-3H3,(H2,23,29)(H,24,25,26). The molecule has 0 aliphatic heterocycles. The zero-order valence-corrected chi connectivity index (χ0v) is 16.2. The first-order valence-corrected chi connectivity index (χ1v) is 8.99. The van der Waals surface area contributed by atoms with Gasteiger partial charge >= 0.3 is 0 Å². The smallest absolute Gasteiger partial charge is 0.249 e. The summed E-state index contributed by atoms with van der Waals surface area (Å²) in [5.74, 6) is 0.147. The topological polar surface area (TPSA) is 98.7 Å². The van der Waals surface area contributed by atoms with Crippen LogP contribution in [0.5, 0.6) is 0 Å². The Morgan fingerprint density at radius 3 is 2.52 bits per heavy atom. The van der Waals surface area contributed by atoms with Gasteiger partial charge in [-0.25, -0.2) is 14.4 Å². The van der Waals surface area contributed by atoms with Crippen LogP contribution < -0.4 is 11.1 Å². The number of carbonyl (C=O) groups excluding carboxylic acids is 1. The number of carbonyl (C=O) groups is 1. The van der Waals surface area contributed by atoms with Crippen molar-refractivity contribution >= 4 is 28.4 Å². The first kappa shape index (κ1) is 18.5. The fraction of sp³-hybridized carbons (Fsp3) is 0.143. The average molecular weight is 390 g/mol. The summed E-state index contributed by atoms with van der Waals surface area (Å²) in [5, 5.41) is 7.74. The molecule has 3 N–H and O–H groups in total. The van der Waals surface area contributed by atoms with Gasteiger partial charge in [0, 0.05) is 23.9 Å².